The van der Waals surface area contributed by atoms with E-state index in [4.69, 9.17) is 9.98 Å². The molecular formula is C18H27N5S2. The van der Waals surface area contributed by atoms with E-state index in [1.165, 1.54) is 34.1 Å². The predicted molar refractivity (Wildman–Crippen MR) is 109 cm³/mol. The van der Waals surface area contributed by atoms with Gasteiger partial charge in [0.15, 0.2) is 11.1 Å². The Morgan fingerprint density at radius 1 is 1.28 bits per heavy atom. The summed E-state index contributed by atoms with van der Waals surface area (Å²) in [4.78, 5) is 13.2. The summed E-state index contributed by atoms with van der Waals surface area (Å²) in [6.07, 6.45) is 3.51. The fraction of sp³-hybridized carbons (Fsp3) is 0.556. The summed E-state index contributed by atoms with van der Waals surface area (Å²) in [7, 11) is 0. The summed E-state index contributed by atoms with van der Waals surface area (Å²) in [6.45, 7) is 8.99. The molecule has 25 heavy (non-hydrogen) atoms. The van der Waals surface area contributed by atoms with Crippen LogP contribution in [0, 0.1) is 6.92 Å². The van der Waals surface area contributed by atoms with Gasteiger partial charge in [-0.15, -0.1) is 22.7 Å². The van der Waals surface area contributed by atoms with E-state index in [2.05, 4.69) is 46.2 Å². The van der Waals surface area contributed by atoms with E-state index in [1.807, 2.05) is 0 Å². The second-order valence-corrected chi connectivity index (χ2v) is 8.05. The van der Waals surface area contributed by atoms with Crippen LogP contribution in [0.5, 0.6) is 0 Å². The van der Waals surface area contributed by atoms with Crippen molar-refractivity contribution in [2.75, 3.05) is 31.1 Å². The van der Waals surface area contributed by atoms with Crippen LogP contribution in [0.3, 0.4) is 0 Å². The van der Waals surface area contributed by atoms with E-state index in [9.17, 15) is 0 Å². The summed E-state index contributed by atoms with van der Waals surface area (Å²) < 4.78 is 0. The van der Waals surface area contributed by atoms with Crippen molar-refractivity contribution in [2.45, 2.75) is 39.7 Å². The molecule has 0 amide bonds. The van der Waals surface area contributed by atoms with E-state index in [0.717, 1.165) is 45.1 Å². The van der Waals surface area contributed by atoms with Crippen LogP contribution in [0.15, 0.2) is 21.8 Å². The third-order valence-corrected chi connectivity index (χ3v) is 6.24. The van der Waals surface area contributed by atoms with Gasteiger partial charge in [0.1, 0.15) is 0 Å². The molecule has 3 rings (SSSR count). The number of guanidine groups is 1. The lowest BCUT2D eigenvalue weighted by molar-refractivity contribution is 0.790. The molecule has 3 heterocycles. The summed E-state index contributed by atoms with van der Waals surface area (Å²) in [6, 6.07) is 2.15. The number of hydrogen-bond donors (Lipinski definition) is 2. The number of thiazole rings is 1. The van der Waals surface area contributed by atoms with Gasteiger partial charge >= 0.3 is 0 Å². The minimum atomic E-state index is 0.731. The van der Waals surface area contributed by atoms with E-state index in [1.54, 1.807) is 22.7 Å². The summed E-state index contributed by atoms with van der Waals surface area (Å²) in [5, 5.41) is 12.2. The van der Waals surface area contributed by atoms with Crippen molar-refractivity contribution < 1.29 is 0 Å². The van der Waals surface area contributed by atoms with Crippen molar-refractivity contribution in [3.8, 4) is 0 Å². The number of aryl methyl sites for hydroxylation is 1. The SMILES string of the molecule is CCNC(=NCc1sccc1C)NCCc1csc(N2CCCC2)n1. The molecule has 2 aromatic heterocycles. The topological polar surface area (TPSA) is 52.6 Å². The molecule has 0 aliphatic carbocycles. The largest absolute Gasteiger partial charge is 0.357 e. The van der Waals surface area contributed by atoms with Crippen LogP contribution in [0.1, 0.15) is 35.9 Å². The number of rotatable bonds is 7. The highest BCUT2D eigenvalue weighted by atomic mass is 32.1. The first-order valence-electron chi connectivity index (χ1n) is 9.00. The molecule has 0 unspecified atom stereocenters. The number of anilines is 1. The van der Waals surface area contributed by atoms with Gasteiger partial charge in [0.2, 0.25) is 0 Å². The predicted octanol–water partition coefficient (Wildman–Crippen LogP) is 3.41. The average molecular weight is 378 g/mol. The van der Waals surface area contributed by atoms with Crippen LogP contribution in [0.25, 0.3) is 0 Å². The molecule has 1 saturated heterocycles. The van der Waals surface area contributed by atoms with Crippen LogP contribution in [0.2, 0.25) is 0 Å². The first kappa shape index (κ1) is 18.2. The number of aliphatic imine (C=N–C) groups is 1. The number of thiophene rings is 1. The summed E-state index contributed by atoms with van der Waals surface area (Å²) in [5.74, 6) is 0.880. The Morgan fingerprint density at radius 3 is 2.84 bits per heavy atom. The number of hydrogen-bond acceptors (Lipinski definition) is 5. The highest BCUT2D eigenvalue weighted by molar-refractivity contribution is 7.13. The fourth-order valence-electron chi connectivity index (χ4n) is 2.83. The average Bonchev–Trinajstić information content (AvgIpc) is 3.34. The van der Waals surface area contributed by atoms with Gasteiger partial charge in [0.05, 0.1) is 12.2 Å². The number of nitrogens with zero attached hydrogens (tertiary/aromatic N) is 3. The van der Waals surface area contributed by atoms with E-state index >= 15 is 0 Å². The maximum absolute atomic E-state index is 4.78. The standard InChI is InChI=1S/C18H27N5S2/c1-3-19-17(21-12-16-14(2)7-11-24-16)20-8-6-15-13-25-18(22-15)23-9-4-5-10-23/h7,11,13H,3-6,8-10,12H2,1-2H3,(H2,19,20,21). The molecule has 0 spiro atoms. The van der Waals surface area contributed by atoms with Crippen LogP contribution >= 0.6 is 22.7 Å². The molecule has 1 aliphatic rings. The lowest BCUT2D eigenvalue weighted by Crippen LogP contribution is -2.38. The molecule has 2 aromatic rings. The van der Waals surface area contributed by atoms with Gasteiger partial charge in [-0.3, -0.25) is 0 Å². The van der Waals surface area contributed by atoms with Gasteiger partial charge in [-0.2, -0.15) is 0 Å². The van der Waals surface area contributed by atoms with Gasteiger partial charge in [-0.25, -0.2) is 9.98 Å². The zero-order valence-electron chi connectivity index (χ0n) is 15.0. The lowest BCUT2D eigenvalue weighted by atomic mass is 10.3. The van der Waals surface area contributed by atoms with E-state index in [0.29, 0.717) is 0 Å². The lowest BCUT2D eigenvalue weighted by Gasteiger charge is -2.12. The highest BCUT2D eigenvalue weighted by Gasteiger charge is 2.15. The Labute approximate surface area is 158 Å². The molecule has 0 saturated carbocycles. The molecule has 1 aliphatic heterocycles. The summed E-state index contributed by atoms with van der Waals surface area (Å²) in [5.41, 5.74) is 2.49. The van der Waals surface area contributed by atoms with Crippen molar-refractivity contribution in [2.24, 2.45) is 4.99 Å². The zero-order valence-corrected chi connectivity index (χ0v) is 16.7. The van der Waals surface area contributed by atoms with Gasteiger partial charge < -0.3 is 15.5 Å². The van der Waals surface area contributed by atoms with Crippen LogP contribution < -0.4 is 15.5 Å². The minimum Gasteiger partial charge on any atom is -0.357 e. The van der Waals surface area contributed by atoms with Crippen molar-refractivity contribution in [1.82, 2.24) is 15.6 Å². The third-order valence-electron chi connectivity index (χ3n) is 4.28. The van der Waals surface area contributed by atoms with Crippen molar-refractivity contribution >= 4 is 33.8 Å². The first-order chi connectivity index (χ1) is 12.3. The second kappa shape index (κ2) is 9.20. The molecule has 136 valence electrons. The van der Waals surface area contributed by atoms with Crippen molar-refractivity contribution in [3.63, 3.8) is 0 Å². The van der Waals surface area contributed by atoms with Crippen LogP contribution in [-0.4, -0.2) is 37.1 Å². The van der Waals surface area contributed by atoms with Gasteiger partial charge in [0, 0.05) is 42.9 Å². The maximum atomic E-state index is 4.78. The highest BCUT2D eigenvalue weighted by Crippen LogP contribution is 2.24. The Hall–Kier alpha value is -1.60. The van der Waals surface area contributed by atoms with Gasteiger partial charge in [-0.1, -0.05) is 0 Å². The molecule has 0 atom stereocenters. The molecule has 5 nitrogen and oxygen atoms in total. The smallest absolute Gasteiger partial charge is 0.191 e. The third kappa shape index (κ3) is 5.19. The molecule has 0 bridgehead atoms. The Morgan fingerprint density at radius 2 is 2.12 bits per heavy atom. The number of aromatic nitrogens is 1. The summed E-state index contributed by atoms with van der Waals surface area (Å²) >= 11 is 3.54. The molecule has 2 N–H and O–H groups in total. The maximum Gasteiger partial charge on any atom is 0.191 e. The van der Waals surface area contributed by atoms with Gasteiger partial charge in [-0.05, 0) is 43.7 Å². The Kier molecular flexibility index (Phi) is 6.69. The molecule has 0 aromatic carbocycles. The monoisotopic (exact) mass is 377 g/mol. The minimum absolute atomic E-state index is 0.731. The number of nitrogens with one attached hydrogen (secondary N) is 2. The Bertz CT molecular complexity index is 685. The van der Waals surface area contributed by atoms with Crippen LogP contribution in [0.4, 0.5) is 5.13 Å². The Balaban J connectivity index is 1.49. The van der Waals surface area contributed by atoms with E-state index in [-0.39, 0.29) is 0 Å². The van der Waals surface area contributed by atoms with Crippen molar-refractivity contribution in [1.29, 1.82) is 0 Å². The quantitative estimate of drug-likeness (QED) is 0.573. The molecule has 7 heteroatoms. The second-order valence-electron chi connectivity index (χ2n) is 6.21. The zero-order chi connectivity index (χ0) is 17.5. The molecule has 1 fully saturated rings. The van der Waals surface area contributed by atoms with Crippen LogP contribution in [-0.2, 0) is 13.0 Å². The fourth-order valence-corrected chi connectivity index (χ4v) is 4.58. The molecule has 0 radical (unpaired) electrons. The van der Waals surface area contributed by atoms with Gasteiger partial charge in [0.25, 0.3) is 0 Å². The first-order valence-corrected chi connectivity index (χ1v) is 10.8. The normalized spacial score (nSPS) is 15.0. The van der Waals surface area contributed by atoms with E-state index < -0.39 is 0 Å². The molecular weight excluding hydrogens is 350 g/mol. The van der Waals surface area contributed by atoms with Crippen molar-refractivity contribution in [3.05, 3.63) is 33.0 Å².